The van der Waals surface area contributed by atoms with Crippen molar-refractivity contribution in [2.24, 2.45) is 11.7 Å². The van der Waals surface area contributed by atoms with Crippen molar-refractivity contribution in [1.29, 1.82) is 0 Å². The molecule has 0 aromatic carbocycles. The van der Waals surface area contributed by atoms with Crippen LogP contribution < -0.4 is 5.73 Å². The fourth-order valence-electron chi connectivity index (χ4n) is 2.00. The second-order valence-corrected chi connectivity index (χ2v) is 6.20. The third-order valence-electron chi connectivity index (χ3n) is 2.97. The maximum absolute atomic E-state index is 12.5. The number of hydrogen-bond donors (Lipinski definition) is 1. The summed E-state index contributed by atoms with van der Waals surface area (Å²) >= 11 is 1.51. The number of amides is 1. The van der Waals surface area contributed by atoms with E-state index in [1.54, 1.807) is 0 Å². The highest BCUT2D eigenvalue weighted by molar-refractivity contribution is 7.10. The molecule has 19 heavy (non-hydrogen) atoms. The summed E-state index contributed by atoms with van der Waals surface area (Å²) in [5.74, 6) is 6.44. The molecule has 3 nitrogen and oxygen atoms in total. The number of carbonyl (C=O) groups excluding carboxylic acids is 1. The van der Waals surface area contributed by atoms with E-state index < -0.39 is 0 Å². The van der Waals surface area contributed by atoms with Crippen molar-refractivity contribution in [1.82, 2.24) is 4.90 Å². The minimum Gasteiger partial charge on any atom is -0.335 e. The third kappa shape index (κ3) is 3.82. The summed E-state index contributed by atoms with van der Waals surface area (Å²) in [6, 6.07) is 2.33. The van der Waals surface area contributed by atoms with Gasteiger partial charge in [0.1, 0.15) is 0 Å². The molecule has 1 heterocycles. The van der Waals surface area contributed by atoms with Crippen LogP contribution in [0.5, 0.6) is 0 Å². The number of hydrogen-bond acceptors (Lipinski definition) is 3. The number of nitrogens with zero attached hydrogens (tertiary/aromatic N) is 1. The Morgan fingerprint density at radius 3 is 2.89 bits per heavy atom. The molecule has 4 heteroatoms. The zero-order valence-corrected chi connectivity index (χ0v) is 12.3. The summed E-state index contributed by atoms with van der Waals surface area (Å²) in [6.45, 7) is 5.48. The first-order chi connectivity index (χ1) is 9.11. The lowest BCUT2D eigenvalue weighted by molar-refractivity contribution is 0.0723. The predicted octanol–water partition coefficient (Wildman–Crippen LogP) is 2.32. The fraction of sp³-hybridized carbons (Fsp3) is 0.533. The Kier molecular flexibility index (Phi) is 4.62. The molecule has 1 aromatic rings. The van der Waals surface area contributed by atoms with E-state index >= 15 is 0 Å². The number of rotatable bonds is 4. The summed E-state index contributed by atoms with van der Waals surface area (Å²) < 4.78 is 0. The van der Waals surface area contributed by atoms with Gasteiger partial charge in [0.05, 0.1) is 17.0 Å². The van der Waals surface area contributed by atoms with Crippen LogP contribution in [0.2, 0.25) is 0 Å². The molecule has 0 spiro atoms. The highest BCUT2D eigenvalue weighted by Crippen LogP contribution is 2.29. The Morgan fingerprint density at radius 1 is 1.58 bits per heavy atom. The molecule has 1 amide bonds. The minimum atomic E-state index is 0.147. The van der Waals surface area contributed by atoms with E-state index in [-0.39, 0.29) is 5.91 Å². The van der Waals surface area contributed by atoms with Gasteiger partial charge in [0.15, 0.2) is 0 Å². The third-order valence-corrected chi connectivity index (χ3v) is 3.82. The second kappa shape index (κ2) is 6.23. The van der Waals surface area contributed by atoms with Gasteiger partial charge in [-0.25, -0.2) is 0 Å². The van der Waals surface area contributed by atoms with E-state index in [0.29, 0.717) is 18.5 Å². The van der Waals surface area contributed by atoms with E-state index in [9.17, 15) is 4.79 Å². The van der Waals surface area contributed by atoms with Gasteiger partial charge in [0, 0.05) is 18.0 Å². The topological polar surface area (TPSA) is 46.3 Å². The zero-order chi connectivity index (χ0) is 13.8. The van der Waals surface area contributed by atoms with Gasteiger partial charge in [0.25, 0.3) is 5.91 Å². The maximum atomic E-state index is 12.5. The van der Waals surface area contributed by atoms with Gasteiger partial charge in [-0.3, -0.25) is 4.79 Å². The molecule has 0 radical (unpaired) electrons. The van der Waals surface area contributed by atoms with Crippen molar-refractivity contribution in [3.63, 3.8) is 0 Å². The molecule has 2 N–H and O–H groups in total. The lowest BCUT2D eigenvalue weighted by atomic mass is 10.2. The Bertz CT molecular complexity index is 506. The van der Waals surface area contributed by atoms with E-state index in [2.05, 4.69) is 25.7 Å². The van der Waals surface area contributed by atoms with Crippen LogP contribution in [0.1, 0.15) is 41.9 Å². The molecule has 102 valence electrons. The molecule has 0 unspecified atom stereocenters. The zero-order valence-electron chi connectivity index (χ0n) is 11.5. The Hall–Kier alpha value is -1.31. The standard InChI is InChI=1S/C15H20N2OS/c1-11(2)9-17(13-5-6-13)15(18)12-8-14(19-10-12)4-3-7-16/h8,10-11,13H,5-7,9,16H2,1-2H3. The van der Waals surface area contributed by atoms with Gasteiger partial charge in [-0.1, -0.05) is 25.7 Å². The monoisotopic (exact) mass is 276 g/mol. The molecule has 2 rings (SSSR count). The van der Waals surface area contributed by atoms with Crippen LogP contribution in [0.4, 0.5) is 0 Å². The molecule has 0 bridgehead atoms. The van der Waals surface area contributed by atoms with Crippen molar-refractivity contribution in [3.05, 3.63) is 21.9 Å². The van der Waals surface area contributed by atoms with Gasteiger partial charge in [0.2, 0.25) is 0 Å². The van der Waals surface area contributed by atoms with E-state index in [1.807, 2.05) is 16.3 Å². The smallest absolute Gasteiger partial charge is 0.255 e. The quantitative estimate of drug-likeness (QED) is 0.858. The maximum Gasteiger partial charge on any atom is 0.255 e. The fourth-order valence-corrected chi connectivity index (χ4v) is 2.74. The largest absolute Gasteiger partial charge is 0.335 e. The summed E-state index contributed by atoms with van der Waals surface area (Å²) in [4.78, 5) is 15.4. The van der Waals surface area contributed by atoms with Gasteiger partial charge in [-0.15, -0.1) is 11.3 Å². The van der Waals surface area contributed by atoms with E-state index in [0.717, 1.165) is 29.8 Å². The first-order valence-electron chi connectivity index (χ1n) is 6.70. The van der Waals surface area contributed by atoms with Gasteiger partial charge < -0.3 is 10.6 Å². The number of carbonyl (C=O) groups is 1. The molecule has 1 saturated carbocycles. The molecule has 1 aliphatic carbocycles. The molecule has 0 aliphatic heterocycles. The van der Waals surface area contributed by atoms with Crippen LogP contribution in [-0.2, 0) is 0 Å². The van der Waals surface area contributed by atoms with Crippen LogP contribution in [-0.4, -0.2) is 29.9 Å². The van der Waals surface area contributed by atoms with Crippen molar-refractivity contribution >= 4 is 17.2 Å². The summed E-state index contributed by atoms with van der Waals surface area (Å²) in [7, 11) is 0. The van der Waals surface area contributed by atoms with Crippen molar-refractivity contribution in [2.75, 3.05) is 13.1 Å². The molecule has 1 aromatic heterocycles. The second-order valence-electron chi connectivity index (χ2n) is 5.29. The molecule has 0 atom stereocenters. The lowest BCUT2D eigenvalue weighted by Gasteiger charge is -2.23. The molecular formula is C15H20N2OS. The predicted molar refractivity (Wildman–Crippen MR) is 79.1 cm³/mol. The minimum absolute atomic E-state index is 0.147. The Morgan fingerprint density at radius 2 is 2.32 bits per heavy atom. The normalized spacial score (nSPS) is 14.1. The molecular weight excluding hydrogens is 256 g/mol. The highest BCUT2D eigenvalue weighted by Gasteiger charge is 2.33. The number of nitrogens with two attached hydrogens (primary N) is 1. The van der Waals surface area contributed by atoms with Crippen molar-refractivity contribution in [2.45, 2.75) is 32.7 Å². The summed E-state index contributed by atoms with van der Waals surface area (Å²) in [5.41, 5.74) is 6.11. The Balaban J connectivity index is 2.10. The van der Waals surface area contributed by atoms with Gasteiger partial charge >= 0.3 is 0 Å². The summed E-state index contributed by atoms with van der Waals surface area (Å²) in [6.07, 6.45) is 2.28. The van der Waals surface area contributed by atoms with Crippen LogP contribution >= 0.6 is 11.3 Å². The molecule has 0 saturated heterocycles. The van der Waals surface area contributed by atoms with Crippen LogP contribution in [0.3, 0.4) is 0 Å². The summed E-state index contributed by atoms with van der Waals surface area (Å²) in [5, 5.41) is 1.90. The van der Waals surface area contributed by atoms with Crippen molar-refractivity contribution in [3.8, 4) is 11.8 Å². The van der Waals surface area contributed by atoms with Crippen LogP contribution in [0.15, 0.2) is 11.4 Å². The van der Waals surface area contributed by atoms with Crippen LogP contribution in [0.25, 0.3) is 0 Å². The lowest BCUT2D eigenvalue weighted by Crippen LogP contribution is -2.35. The van der Waals surface area contributed by atoms with Crippen LogP contribution in [0, 0.1) is 17.8 Å². The van der Waals surface area contributed by atoms with E-state index in [4.69, 9.17) is 5.73 Å². The first-order valence-corrected chi connectivity index (χ1v) is 7.58. The van der Waals surface area contributed by atoms with E-state index in [1.165, 1.54) is 11.3 Å². The average Bonchev–Trinajstić information content (AvgIpc) is 3.11. The first kappa shape index (κ1) is 14.1. The Labute approximate surface area is 118 Å². The number of thiophene rings is 1. The highest BCUT2D eigenvalue weighted by atomic mass is 32.1. The average molecular weight is 276 g/mol. The van der Waals surface area contributed by atoms with Crippen molar-refractivity contribution < 1.29 is 4.79 Å². The van der Waals surface area contributed by atoms with Gasteiger partial charge in [-0.2, -0.15) is 0 Å². The SMILES string of the molecule is CC(C)CN(C(=O)c1csc(C#CCN)c1)C1CC1. The van der Waals surface area contributed by atoms with Gasteiger partial charge in [-0.05, 0) is 24.8 Å². The molecule has 1 aliphatic rings. The molecule has 1 fully saturated rings.